The molecule has 0 aliphatic heterocycles. The number of nitrogens with zero attached hydrogens (tertiary/aromatic N) is 1. The van der Waals surface area contributed by atoms with Crippen LogP contribution in [0.15, 0.2) is 5.38 Å². The van der Waals surface area contributed by atoms with Gasteiger partial charge in [-0.3, -0.25) is 4.79 Å². The number of rotatable bonds is 5. The smallest absolute Gasteiger partial charge is 0.302 e. The van der Waals surface area contributed by atoms with Gasteiger partial charge in [0.05, 0.1) is 0 Å². The molecule has 0 aliphatic rings. The molecule has 8 heteroatoms. The SMILES string of the molecule is CCSCCC(=O)Nc1nc(C(F)(F)F)cs1. The summed E-state index contributed by atoms with van der Waals surface area (Å²) in [6, 6.07) is 0. The van der Waals surface area contributed by atoms with E-state index in [1.807, 2.05) is 6.92 Å². The average Bonchev–Trinajstić information content (AvgIpc) is 2.66. The molecule has 1 aromatic heterocycles. The van der Waals surface area contributed by atoms with E-state index in [2.05, 4.69) is 10.3 Å². The molecule has 0 bridgehead atoms. The third-order valence-corrected chi connectivity index (χ3v) is 3.38. The summed E-state index contributed by atoms with van der Waals surface area (Å²) >= 11 is 2.37. The van der Waals surface area contributed by atoms with Crippen molar-refractivity contribution < 1.29 is 18.0 Å². The number of anilines is 1. The summed E-state index contributed by atoms with van der Waals surface area (Å²) in [6.45, 7) is 1.97. The zero-order valence-electron chi connectivity index (χ0n) is 9.00. The lowest BCUT2D eigenvalue weighted by Gasteiger charge is -2.01. The molecule has 1 rings (SSSR count). The van der Waals surface area contributed by atoms with Crippen molar-refractivity contribution in [2.45, 2.75) is 19.5 Å². The Labute approximate surface area is 105 Å². The van der Waals surface area contributed by atoms with Gasteiger partial charge < -0.3 is 5.32 Å². The van der Waals surface area contributed by atoms with E-state index < -0.39 is 11.9 Å². The van der Waals surface area contributed by atoms with Crippen LogP contribution in [0, 0.1) is 0 Å². The number of carbonyl (C=O) groups is 1. The van der Waals surface area contributed by atoms with Gasteiger partial charge in [-0.2, -0.15) is 24.9 Å². The van der Waals surface area contributed by atoms with Gasteiger partial charge in [-0.15, -0.1) is 11.3 Å². The molecule has 0 aromatic carbocycles. The highest BCUT2D eigenvalue weighted by atomic mass is 32.2. The van der Waals surface area contributed by atoms with Crippen LogP contribution in [0.25, 0.3) is 0 Å². The Hall–Kier alpha value is -0.760. The predicted octanol–water partition coefficient (Wildman–Crippen LogP) is 3.24. The largest absolute Gasteiger partial charge is 0.434 e. The van der Waals surface area contributed by atoms with Crippen LogP contribution in [0.4, 0.5) is 18.3 Å². The number of halogens is 3. The lowest BCUT2D eigenvalue weighted by molar-refractivity contribution is -0.140. The fourth-order valence-electron chi connectivity index (χ4n) is 0.952. The second kappa shape index (κ2) is 6.25. The average molecular weight is 284 g/mol. The maximum Gasteiger partial charge on any atom is 0.434 e. The molecule has 1 N–H and O–H groups in total. The first-order chi connectivity index (χ1) is 7.93. The zero-order valence-corrected chi connectivity index (χ0v) is 10.6. The minimum Gasteiger partial charge on any atom is -0.302 e. The fourth-order valence-corrected chi connectivity index (χ4v) is 2.30. The predicted molar refractivity (Wildman–Crippen MR) is 63.4 cm³/mol. The summed E-state index contributed by atoms with van der Waals surface area (Å²) < 4.78 is 36.6. The summed E-state index contributed by atoms with van der Waals surface area (Å²) in [5, 5.41) is 3.22. The quantitative estimate of drug-likeness (QED) is 0.844. The van der Waals surface area contributed by atoms with Crippen LogP contribution in [0.2, 0.25) is 0 Å². The number of alkyl halides is 3. The molecular formula is C9H11F3N2OS2. The number of nitrogens with one attached hydrogen (secondary N) is 1. The molecule has 0 radical (unpaired) electrons. The third-order valence-electron chi connectivity index (χ3n) is 1.72. The lowest BCUT2D eigenvalue weighted by atomic mass is 10.4. The van der Waals surface area contributed by atoms with Gasteiger partial charge in [0.2, 0.25) is 5.91 Å². The van der Waals surface area contributed by atoms with Gasteiger partial charge in [0.15, 0.2) is 10.8 Å². The Morgan fingerprint density at radius 2 is 2.29 bits per heavy atom. The van der Waals surface area contributed by atoms with E-state index in [0.29, 0.717) is 5.75 Å². The van der Waals surface area contributed by atoms with E-state index in [9.17, 15) is 18.0 Å². The topological polar surface area (TPSA) is 42.0 Å². The van der Waals surface area contributed by atoms with Crippen LogP contribution in [-0.2, 0) is 11.0 Å². The van der Waals surface area contributed by atoms with Gasteiger partial charge in [-0.1, -0.05) is 6.92 Å². The van der Waals surface area contributed by atoms with Crippen molar-refractivity contribution in [2.75, 3.05) is 16.8 Å². The lowest BCUT2D eigenvalue weighted by Crippen LogP contribution is -2.13. The summed E-state index contributed by atoms with van der Waals surface area (Å²) in [4.78, 5) is 14.6. The molecule has 17 heavy (non-hydrogen) atoms. The highest BCUT2D eigenvalue weighted by molar-refractivity contribution is 7.99. The van der Waals surface area contributed by atoms with Crippen LogP contribution in [-0.4, -0.2) is 22.4 Å². The van der Waals surface area contributed by atoms with E-state index in [0.717, 1.165) is 22.5 Å². The Morgan fingerprint density at radius 3 is 2.82 bits per heavy atom. The highest BCUT2D eigenvalue weighted by Crippen LogP contribution is 2.31. The molecular weight excluding hydrogens is 273 g/mol. The minimum atomic E-state index is -4.46. The van der Waals surface area contributed by atoms with E-state index in [-0.39, 0.29) is 17.5 Å². The summed E-state index contributed by atoms with van der Waals surface area (Å²) in [6.07, 6.45) is -4.18. The molecule has 0 saturated carbocycles. The Bertz CT molecular complexity index is 379. The minimum absolute atomic E-state index is 0.0103. The van der Waals surface area contributed by atoms with Gasteiger partial charge in [0, 0.05) is 17.6 Å². The molecule has 0 aliphatic carbocycles. The molecule has 1 aromatic rings. The Balaban J connectivity index is 2.46. The first kappa shape index (κ1) is 14.3. The summed E-state index contributed by atoms with van der Waals surface area (Å²) in [5.74, 6) is 1.25. The first-order valence-corrected chi connectivity index (χ1v) is 6.87. The number of amides is 1. The van der Waals surface area contributed by atoms with E-state index in [4.69, 9.17) is 0 Å². The molecule has 0 atom stereocenters. The molecule has 0 unspecified atom stereocenters. The fraction of sp³-hybridized carbons (Fsp3) is 0.556. The molecule has 1 heterocycles. The van der Waals surface area contributed by atoms with Gasteiger partial charge in [-0.25, -0.2) is 4.98 Å². The van der Waals surface area contributed by atoms with Crippen molar-refractivity contribution >= 4 is 34.1 Å². The van der Waals surface area contributed by atoms with E-state index in [1.54, 1.807) is 11.8 Å². The number of carbonyl (C=O) groups excluding carboxylic acids is 1. The highest BCUT2D eigenvalue weighted by Gasteiger charge is 2.33. The van der Waals surface area contributed by atoms with Crippen molar-refractivity contribution in [2.24, 2.45) is 0 Å². The number of hydrogen-bond donors (Lipinski definition) is 1. The van der Waals surface area contributed by atoms with E-state index in [1.165, 1.54) is 0 Å². The molecule has 1 amide bonds. The standard InChI is InChI=1S/C9H11F3N2OS2/c1-2-16-4-3-7(15)14-8-13-6(5-17-8)9(10,11)12/h5H,2-4H2,1H3,(H,13,14,15). The van der Waals surface area contributed by atoms with Crippen LogP contribution < -0.4 is 5.32 Å². The van der Waals surface area contributed by atoms with Crippen LogP contribution >= 0.6 is 23.1 Å². The number of thiazole rings is 1. The molecule has 0 saturated heterocycles. The van der Waals surface area contributed by atoms with Gasteiger partial charge in [0.25, 0.3) is 0 Å². The van der Waals surface area contributed by atoms with Crippen LogP contribution in [0.1, 0.15) is 19.0 Å². The van der Waals surface area contributed by atoms with Crippen molar-refractivity contribution in [3.8, 4) is 0 Å². The molecule has 0 spiro atoms. The zero-order chi connectivity index (χ0) is 12.9. The third kappa shape index (κ3) is 4.95. The van der Waals surface area contributed by atoms with Gasteiger partial charge in [0.1, 0.15) is 0 Å². The van der Waals surface area contributed by atoms with Crippen LogP contribution in [0.5, 0.6) is 0 Å². The molecule has 96 valence electrons. The Kier molecular flexibility index (Phi) is 5.26. The van der Waals surface area contributed by atoms with Gasteiger partial charge >= 0.3 is 6.18 Å². The van der Waals surface area contributed by atoms with Crippen molar-refractivity contribution in [3.05, 3.63) is 11.1 Å². The van der Waals surface area contributed by atoms with Crippen molar-refractivity contribution in [1.29, 1.82) is 0 Å². The normalized spacial score (nSPS) is 11.5. The number of thioether (sulfide) groups is 1. The molecule has 0 fully saturated rings. The second-order valence-electron chi connectivity index (χ2n) is 3.03. The van der Waals surface area contributed by atoms with Crippen LogP contribution in [0.3, 0.4) is 0 Å². The van der Waals surface area contributed by atoms with E-state index >= 15 is 0 Å². The van der Waals surface area contributed by atoms with Crippen molar-refractivity contribution in [3.63, 3.8) is 0 Å². The first-order valence-electron chi connectivity index (χ1n) is 4.83. The Morgan fingerprint density at radius 1 is 1.59 bits per heavy atom. The summed E-state index contributed by atoms with van der Waals surface area (Å²) in [5.41, 5.74) is -0.972. The van der Waals surface area contributed by atoms with Gasteiger partial charge in [-0.05, 0) is 5.75 Å². The maximum absolute atomic E-state index is 12.2. The van der Waals surface area contributed by atoms with Crippen molar-refractivity contribution in [1.82, 2.24) is 4.98 Å². The monoisotopic (exact) mass is 284 g/mol. The summed E-state index contributed by atoms with van der Waals surface area (Å²) in [7, 11) is 0. The maximum atomic E-state index is 12.2. The second-order valence-corrected chi connectivity index (χ2v) is 5.28. The number of hydrogen-bond acceptors (Lipinski definition) is 4. The number of aromatic nitrogens is 1. The molecule has 3 nitrogen and oxygen atoms in total.